The Bertz CT molecular complexity index is 98.6. The van der Waals surface area contributed by atoms with E-state index in [2.05, 4.69) is 26.5 Å². The second kappa shape index (κ2) is 5.61. The summed E-state index contributed by atoms with van der Waals surface area (Å²) in [6, 6.07) is 0. The molecule has 0 heterocycles. The topological polar surface area (TPSA) is 0 Å². The Morgan fingerprint density at radius 3 is 2.67 bits per heavy atom. The summed E-state index contributed by atoms with van der Waals surface area (Å²) in [4.78, 5) is 0. The van der Waals surface area contributed by atoms with E-state index in [1.165, 1.54) is 18.4 Å². The van der Waals surface area contributed by atoms with E-state index >= 15 is 0 Å². The molecule has 0 aromatic carbocycles. The van der Waals surface area contributed by atoms with Crippen molar-refractivity contribution >= 4 is 0 Å². The predicted octanol–water partition coefficient (Wildman–Crippen LogP) is 3.31. The van der Waals surface area contributed by atoms with Gasteiger partial charge in [0.1, 0.15) is 0 Å². The maximum absolute atomic E-state index is 3.66. The molecular weight excluding hydrogens is 108 g/mol. The molecular formula is C9H16. The van der Waals surface area contributed by atoms with Crippen LogP contribution in [0.25, 0.3) is 0 Å². The first-order valence-electron chi connectivity index (χ1n) is 3.54. The van der Waals surface area contributed by atoms with Crippen LogP contribution < -0.4 is 0 Å². The van der Waals surface area contributed by atoms with Crippen LogP contribution in [-0.2, 0) is 0 Å². The molecule has 0 atom stereocenters. The lowest BCUT2D eigenvalue weighted by molar-refractivity contribution is 0.832. The minimum Gasteiger partial charge on any atom is -0.103 e. The first-order valence-corrected chi connectivity index (χ1v) is 3.54. The highest BCUT2D eigenvalue weighted by Crippen LogP contribution is 2.05. The van der Waals surface area contributed by atoms with Crippen molar-refractivity contribution in [2.75, 3.05) is 0 Å². The fourth-order valence-corrected chi connectivity index (χ4v) is 0.670. The molecule has 0 radical (unpaired) electrons. The van der Waals surface area contributed by atoms with E-state index < -0.39 is 0 Å². The van der Waals surface area contributed by atoms with Gasteiger partial charge in [-0.25, -0.2) is 0 Å². The van der Waals surface area contributed by atoms with Gasteiger partial charge >= 0.3 is 0 Å². The monoisotopic (exact) mass is 124 g/mol. The highest BCUT2D eigenvalue weighted by molar-refractivity contribution is 4.95. The quantitative estimate of drug-likeness (QED) is 0.398. The van der Waals surface area contributed by atoms with Gasteiger partial charge in [-0.15, -0.1) is 6.58 Å². The van der Waals surface area contributed by atoms with Crippen LogP contribution in [0.2, 0.25) is 0 Å². The Kier molecular flexibility index (Phi) is 5.29. The Morgan fingerprint density at radius 2 is 2.22 bits per heavy atom. The number of allylic oxidation sites excluding steroid dienone is 3. The van der Waals surface area contributed by atoms with Crippen LogP contribution in [0.4, 0.5) is 0 Å². The molecule has 0 N–H and O–H groups in total. The van der Waals surface area contributed by atoms with Crippen LogP contribution in [0.15, 0.2) is 24.3 Å². The van der Waals surface area contributed by atoms with Gasteiger partial charge in [-0.05, 0) is 33.1 Å². The van der Waals surface area contributed by atoms with Crippen LogP contribution in [0.3, 0.4) is 0 Å². The molecule has 0 saturated carbocycles. The molecule has 0 aromatic rings. The second-order valence-corrected chi connectivity index (χ2v) is 2.32. The lowest BCUT2D eigenvalue weighted by Crippen LogP contribution is -1.75. The molecule has 0 unspecified atom stereocenters. The van der Waals surface area contributed by atoms with Crippen molar-refractivity contribution in [1.29, 1.82) is 0 Å². The normalized spacial score (nSPS) is 11.6. The zero-order chi connectivity index (χ0) is 7.11. The molecule has 0 spiro atoms. The molecule has 0 heteroatoms. The van der Waals surface area contributed by atoms with Crippen molar-refractivity contribution in [3.05, 3.63) is 24.3 Å². The Hall–Kier alpha value is -0.520. The van der Waals surface area contributed by atoms with Gasteiger partial charge in [0.2, 0.25) is 0 Å². The van der Waals surface area contributed by atoms with Gasteiger partial charge in [0, 0.05) is 0 Å². The first kappa shape index (κ1) is 8.48. The summed E-state index contributed by atoms with van der Waals surface area (Å²) in [5.74, 6) is 0. The van der Waals surface area contributed by atoms with Gasteiger partial charge in [0.25, 0.3) is 0 Å². The molecule has 0 aliphatic heterocycles. The summed E-state index contributed by atoms with van der Waals surface area (Å²) < 4.78 is 0. The van der Waals surface area contributed by atoms with Crippen molar-refractivity contribution < 1.29 is 0 Å². The molecule has 0 aliphatic carbocycles. The van der Waals surface area contributed by atoms with Crippen molar-refractivity contribution in [2.45, 2.75) is 33.1 Å². The van der Waals surface area contributed by atoms with Gasteiger partial charge in [0.15, 0.2) is 0 Å². The smallest absolute Gasteiger partial charge is 0.0320 e. The fourth-order valence-electron chi connectivity index (χ4n) is 0.670. The van der Waals surface area contributed by atoms with E-state index in [0.717, 1.165) is 6.42 Å². The van der Waals surface area contributed by atoms with Crippen molar-refractivity contribution in [2.24, 2.45) is 0 Å². The van der Waals surface area contributed by atoms with Gasteiger partial charge in [-0.2, -0.15) is 0 Å². The number of hydrogen-bond donors (Lipinski definition) is 0. The lowest BCUT2D eigenvalue weighted by Gasteiger charge is -1.95. The maximum atomic E-state index is 3.66. The van der Waals surface area contributed by atoms with E-state index in [0.29, 0.717) is 0 Å². The largest absolute Gasteiger partial charge is 0.103 e. The Morgan fingerprint density at radius 1 is 1.56 bits per heavy atom. The van der Waals surface area contributed by atoms with Gasteiger partial charge in [-0.1, -0.05) is 17.7 Å². The third-order valence-electron chi connectivity index (χ3n) is 1.47. The molecule has 0 aliphatic rings. The summed E-state index contributed by atoms with van der Waals surface area (Å²) >= 11 is 0. The zero-order valence-electron chi connectivity index (χ0n) is 6.48. The molecule has 0 rings (SSSR count). The van der Waals surface area contributed by atoms with Gasteiger partial charge < -0.3 is 0 Å². The molecule has 0 saturated heterocycles. The van der Waals surface area contributed by atoms with E-state index in [1.807, 2.05) is 6.08 Å². The maximum Gasteiger partial charge on any atom is -0.0320 e. The summed E-state index contributed by atoms with van der Waals surface area (Å²) in [5, 5.41) is 0. The summed E-state index contributed by atoms with van der Waals surface area (Å²) in [7, 11) is 0. The van der Waals surface area contributed by atoms with E-state index in [-0.39, 0.29) is 0 Å². The summed E-state index contributed by atoms with van der Waals surface area (Å²) in [6.45, 7) is 7.92. The SMILES string of the molecule is C=CCCC/C(C)=C\C. The Balaban J connectivity index is 3.17. The van der Waals surface area contributed by atoms with Gasteiger partial charge in [0.05, 0.1) is 0 Å². The zero-order valence-corrected chi connectivity index (χ0v) is 6.48. The molecule has 0 aromatic heterocycles. The molecule has 9 heavy (non-hydrogen) atoms. The van der Waals surface area contributed by atoms with E-state index in [4.69, 9.17) is 0 Å². The molecule has 0 nitrogen and oxygen atoms in total. The van der Waals surface area contributed by atoms with Crippen LogP contribution in [0, 0.1) is 0 Å². The van der Waals surface area contributed by atoms with Gasteiger partial charge in [-0.3, -0.25) is 0 Å². The highest BCUT2D eigenvalue weighted by Gasteiger charge is 1.85. The third-order valence-corrected chi connectivity index (χ3v) is 1.47. The first-order chi connectivity index (χ1) is 4.31. The summed E-state index contributed by atoms with van der Waals surface area (Å²) in [6.07, 6.45) is 7.76. The summed E-state index contributed by atoms with van der Waals surface area (Å²) in [5.41, 5.74) is 1.48. The molecule has 0 fully saturated rings. The van der Waals surface area contributed by atoms with E-state index in [1.54, 1.807) is 0 Å². The minimum atomic E-state index is 1.14. The lowest BCUT2D eigenvalue weighted by atomic mass is 10.1. The average molecular weight is 124 g/mol. The number of rotatable bonds is 4. The van der Waals surface area contributed by atoms with Crippen LogP contribution in [-0.4, -0.2) is 0 Å². The van der Waals surface area contributed by atoms with Crippen molar-refractivity contribution in [1.82, 2.24) is 0 Å². The number of hydrogen-bond acceptors (Lipinski definition) is 0. The average Bonchev–Trinajstić information content (AvgIpc) is 1.89. The predicted molar refractivity (Wildman–Crippen MR) is 43.5 cm³/mol. The van der Waals surface area contributed by atoms with Crippen LogP contribution in [0.1, 0.15) is 33.1 Å². The minimum absolute atomic E-state index is 1.14. The van der Waals surface area contributed by atoms with Crippen molar-refractivity contribution in [3.63, 3.8) is 0 Å². The fraction of sp³-hybridized carbons (Fsp3) is 0.556. The molecule has 0 bridgehead atoms. The Labute approximate surface area is 58.3 Å². The number of unbranched alkanes of at least 4 members (excludes halogenated alkanes) is 1. The van der Waals surface area contributed by atoms with Crippen LogP contribution in [0.5, 0.6) is 0 Å². The second-order valence-electron chi connectivity index (χ2n) is 2.32. The molecule has 0 amide bonds. The van der Waals surface area contributed by atoms with Crippen molar-refractivity contribution in [3.8, 4) is 0 Å². The van der Waals surface area contributed by atoms with E-state index in [9.17, 15) is 0 Å². The molecule has 52 valence electrons. The van der Waals surface area contributed by atoms with Crippen LogP contribution >= 0.6 is 0 Å². The highest BCUT2D eigenvalue weighted by atomic mass is 13.9. The third kappa shape index (κ3) is 5.35. The standard InChI is InChI=1S/C9H16/c1-4-6-7-8-9(3)5-2/h4-5H,1,6-8H2,2-3H3/b9-5-.